The van der Waals surface area contributed by atoms with Crippen molar-refractivity contribution in [1.29, 1.82) is 0 Å². The Labute approximate surface area is 206 Å². The summed E-state index contributed by atoms with van der Waals surface area (Å²) in [5, 5.41) is 2.81. The van der Waals surface area contributed by atoms with Crippen LogP contribution in [0.3, 0.4) is 0 Å². The molecule has 7 nitrogen and oxygen atoms in total. The van der Waals surface area contributed by atoms with Gasteiger partial charge >= 0.3 is 0 Å². The maximum atomic E-state index is 13.4. The highest BCUT2D eigenvalue weighted by atomic mass is 79.9. The van der Waals surface area contributed by atoms with Crippen molar-refractivity contribution in [2.75, 3.05) is 23.7 Å². The molecule has 2 aromatic carbocycles. The van der Waals surface area contributed by atoms with Gasteiger partial charge in [-0.2, -0.15) is 0 Å². The van der Waals surface area contributed by atoms with Crippen molar-refractivity contribution in [3.8, 4) is 0 Å². The van der Waals surface area contributed by atoms with Crippen LogP contribution in [0.15, 0.2) is 57.5 Å². The van der Waals surface area contributed by atoms with Gasteiger partial charge in [0.05, 0.1) is 11.9 Å². The van der Waals surface area contributed by atoms with Crippen LogP contribution in [0.4, 0.5) is 5.69 Å². The fourth-order valence-corrected chi connectivity index (χ4v) is 4.73. The number of rotatable bonds is 10. The van der Waals surface area contributed by atoms with Crippen LogP contribution in [0.1, 0.15) is 25.8 Å². The van der Waals surface area contributed by atoms with Crippen molar-refractivity contribution in [2.45, 2.75) is 32.9 Å². The Hall–Kier alpha value is -1.91. The zero-order valence-electron chi connectivity index (χ0n) is 18.2. The van der Waals surface area contributed by atoms with Crippen molar-refractivity contribution in [3.05, 3.63) is 63.0 Å². The van der Waals surface area contributed by atoms with Gasteiger partial charge in [-0.05, 0) is 49.2 Å². The molecule has 2 rings (SSSR count). The maximum Gasteiger partial charge on any atom is 0.244 e. The molecule has 2 amide bonds. The Morgan fingerprint density at radius 3 is 2.25 bits per heavy atom. The van der Waals surface area contributed by atoms with Crippen LogP contribution in [-0.2, 0) is 26.2 Å². The molecule has 0 aliphatic carbocycles. The van der Waals surface area contributed by atoms with Gasteiger partial charge in [0.1, 0.15) is 12.6 Å². The summed E-state index contributed by atoms with van der Waals surface area (Å²) in [5.74, 6) is -0.766. The number of benzene rings is 2. The van der Waals surface area contributed by atoms with Gasteiger partial charge in [0.25, 0.3) is 0 Å². The molecule has 0 aliphatic rings. The molecule has 10 heteroatoms. The smallest absolute Gasteiger partial charge is 0.244 e. The molecule has 1 N–H and O–H groups in total. The van der Waals surface area contributed by atoms with Crippen molar-refractivity contribution in [1.82, 2.24) is 10.2 Å². The lowest BCUT2D eigenvalue weighted by Gasteiger charge is -2.31. The second kappa shape index (κ2) is 11.8. The average Bonchev–Trinajstić information content (AvgIpc) is 2.72. The first-order valence-corrected chi connectivity index (χ1v) is 13.5. The summed E-state index contributed by atoms with van der Waals surface area (Å²) < 4.78 is 27.6. The minimum absolute atomic E-state index is 0.162. The molecular formula is C22H27Br2N3O4S. The van der Waals surface area contributed by atoms with Gasteiger partial charge in [0.2, 0.25) is 21.8 Å². The number of hydrogen-bond acceptors (Lipinski definition) is 4. The summed E-state index contributed by atoms with van der Waals surface area (Å²) in [6.45, 7) is 3.82. The highest BCUT2D eigenvalue weighted by Gasteiger charge is 2.30. The van der Waals surface area contributed by atoms with E-state index < -0.39 is 28.5 Å². The molecule has 0 bridgehead atoms. The third-order valence-corrected chi connectivity index (χ3v) is 6.86. The Kier molecular flexibility index (Phi) is 9.72. The Balaban J connectivity index is 2.37. The molecule has 0 fully saturated rings. The first-order chi connectivity index (χ1) is 15.0. The molecule has 0 saturated carbocycles. The first-order valence-electron chi connectivity index (χ1n) is 10.1. The third-order valence-electron chi connectivity index (χ3n) is 4.73. The van der Waals surface area contributed by atoms with Crippen LogP contribution in [0.25, 0.3) is 0 Å². The zero-order chi connectivity index (χ0) is 23.9. The second-order valence-corrected chi connectivity index (χ2v) is 11.1. The van der Waals surface area contributed by atoms with Gasteiger partial charge in [-0.15, -0.1) is 0 Å². The van der Waals surface area contributed by atoms with Gasteiger partial charge < -0.3 is 10.2 Å². The van der Waals surface area contributed by atoms with E-state index in [0.29, 0.717) is 16.7 Å². The summed E-state index contributed by atoms with van der Waals surface area (Å²) in [6.07, 6.45) is 1.82. The molecule has 0 aromatic heterocycles. The molecule has 0 saturated heterocycles. The minimum Gasteiger partial charge on any atom is -0.354 e. The van der Waals surface area contributed by atoms with Gasteiger partial charge in [0.15, 0.2) is 0 Å². The summed E-state index contributed by atoms with van der Waals surface area (Å²) in [7, 11) is -3.75. The fraction of sp³-hybridized carbons (Fsp3) is 0.364. The highest BCUT2D eigenvalue weighted by Crippen LogP contribution is 2.23. The van der Waals surface area contributed by atoms with E-state index >= 15 is 0 Å². The number of nitrogens with zero attached hydrogens (tertiary/aromatic N) is 2. The monoisotopic (exact) mass is 587 g/mol. The van der Waals surface area contributed by atoms with E-state index in [1.54, 1.807) is 31.2 Å². The summed E-state index contributed by atoms with van der Waals surface area (Å²) >= 11 is 6.75. The lowest BCUT2D eigenvalue weighted by Crippen LogP contribution is -2.51. The number of halogens is 2. The summed E-state index contributed by atoms with van der Waals surface area (Å²) in [4.78, 5) is 27.4. The molecule has 2 aromatic rings. The van der Waals surface area contributed by atoms with Crippen LogP contribution in [0.2, 0.25) is 0 Å². The molecule has 0 radical (unpaired) electrons. The molecule has 0 heterocycles. The van der Waals surface area contributed by atoms with Gasteiger partial charge in [-0.3, -0.25) is 13.9 Å². The first kappa shape index (κ1) is 26.3. The quantitative estimate of drug-likeness (QED) is 0.456. The number of carbonyl (C=O) groups is 2. The number of amides is 2. The van der Waals surface area contributed by atoms with E-state index in [9.17, 15) is 18.0 Å². The number of sulfonamides is 1. The number of nitrogens with one attached hydrogen (secondary N) is 1. The molecule has 32 heavy (non-hydrogen) atoms. The zero-order valence-corrected chi connectivity index (χ0v) is 22.2. The van der Waals surface area contributed by atoms with Gasteiger partial charge in [-0.25, -0.2) is 8.42 Å². The van der Waals surface area contributed by atoms with E-state index in [2.05, 4.69) is 37.2 Å². The largest absolute Gasteiger partial charge is 0.354 e. The van der Waals surface area contributed by atoms with Crippen molar-refractivity contribution >= 4 is 59.4 Å². The molecule has 0 aliphatic heterocycles. The SMILES string of the molecule is CCCNC(=O)[C@@H](C)N(Cc1cccc(Br)c1)C(=O)CN(c1cccc(Br)c1)S(C)(=O)=O. The van der Waals surface area contributed by atoms with E-state index in [-0.39, 0.29) is 12.5 Å². The summed E-state index contributed by atoms with van der Waals surface area (Å²) in [6, 6.07) is 13.4. The van der Waals surface area contributed by atoms with E-state index in [4.69, 9.17) is 0 Å². The standard InChI is InChI=1S/C22H27Br2N3O4S/c1-4-11-25-22(29)16(2)26(14-17-7-5-8-18(23)12-17)21(28)15-27(32(3,30)31)20-10-6-9-19(24)13-20/h5-10,12-13,16H,4,11,14-15H2,1-3H3,(H,25,29)/t16-/m1/s1. The molecule has 0 spiro atoms. The Morgan fingerprint density at radius 1 is 1.06 bits per heavy atom. The minimum atomic E-state index is -3.75. The molecule has 0 unspecified atom stereocenters. The Bertz CT molecular complexity index is 1060. The Morgan fingerprint density at radius 2 is 1.69 bits per heavy atom. The lowest BCUT2D eigenvalue weighted by atomic mass is 10.1. The van der Waals surface area contributed by atoms with Crippen LogP contribution in [0, 0.1) is 0 Å². The van der Waals surface area contributed by atoms with Crippen molar-refractivity contribution in [2.24, 2.45) is 0 Å². The van der Waals surface area contributed by atoms with E-state index in [1.807, 2.05) is 31.2 Å². The van der Waals surface area contributed by atoms with E-state index in [0.717, 1.165) is 27.0 Å². The van der Waals surface area contributed by atoms with Gasteiger partial charge in [0, 0.05) is 22.0 Å². The maximum absolute atomic E-state index is 13.4. The third kappa shape index (κ3) is 7.60. The number of anilines is 1. The van der Waals surface area contributed by atoms with Crippen LogP contribution in [0.5, 0.6) is 0 Å². The molecule has 174 valence electrons. The number of hydrogen-bond donors (Lipinski definition) is 1. The topological polar surface area (TPSA) is 86.8 Å². The predicted octanol–water partition coefficient (Wildman–Crippen LogP) is 3.92. The highest BCUT2D eigenvalue weighted by molar-refractivity contribution is 9.10. The number of carbonyl (C=O) groups excluding carboxylic acids is 2. The molecular weight excluding hydrogens is 562 g/mol. The predicted molar refractivity (Wildman–Crippen MR) is 134 cm³/mol. The van der Waals surface area contributed by atoms with E-state index in [1.165, 1.54) is 4.90 Å². The lowest BCUT2D eigenvalue weighted by molar-refractivity contribution is -0.139. The normalized spacial score (nSPS) is 12.2. The van der Waals surface area contributed by atoms with Crippen LogP contribution < -0.4 is 9.62 Å². The summed E-state index contributed by atoms with van der Waals surface area (Å²) in [5.41, 5.74) is 1.18. The fourth-order valence-electron chi connectivity index (χ4n) is 3.06. The van der Waals surface area contributed by atoms with Gasteiger partial charge in [-0.1, -0.05) is 57.0 Å². The second-order valence-electron chi connectivity index (χ2n) is 7.37. The average molecular weight is 589 g/mol. The van der Waals surface area contributed by atoms with Crippen molar-refractivity contribution in [3.63, 3.8) is 0 Å². The van der Waals surface area contributed by atoms with Crippen molar-refractivity contribution < 1.29 is 18.0 Å². The van der Waals surface area contributed by atoms with Crippen LogP contribution >= 0.6 is 31.9 Å². The van der Waals surface area contributed by atoms with Crippen LogP contribution in [-0.4, -0.2) is 50.5 Å². The molecule has 1 atom stereocenters.